The van der Waals surface area contributed by atoms with Gasteiger partial charge in [-0.1, -0.05) is 0 Å². The number of rotatable bonds is 8. The number of hydrogen-bond acceptors (Lipinski definition) is 4. The maximum Gasteiger partial charge on any atom is 0.320 e. The van der Waals surface area contributed by atoms with E-state index in [0.717, 1.165) is 24.2 Å². The molecule has 0 bridgehead atoms. The smallest absolute Gasteiger partial charge is 0.310 e. The molecule has 0 unspecified atom stereocenters. The van der Waals surface area contributed by atoms with Gasteiger partial charge in [0.15, 0.2) is 0 Å². The van der Waals surface area contributed by atoms with Crippen molar-refractivity contribution in [2.45, 2.75) is 42.0 Å². The Morgan fingerprint density at radius 3 is 2.62 bits per heavy atom. The highest BCUT2D eigenvalue weighted by atomic mass is 32.2. The Kier molecular flexibility index (Phi) is 4.91. The Morgan fingerprint density at radius 1 is 1.38 bits per heavy atom. The second kappa shape index (κ2) is 6.19. The van der Waals surface area contributed by atoms with E-state index >= 15 is 0 Å². The summed E-state index contributed by atoms with van der Waals surface area (Å²) in [5.41, 5.74) is 0.716. The molecule has 0 spiro atoms. The molecule has 10 heteroatoms. The number of nitrogens with one attached hydrogen (secondary N) is 2. The summed E-state index contributed by atoms with van der Waals surface area (Å²) in [5.74, 6) is -4.39. The van der Waals surface area contributed by atoms with Crippen LogP contribution >= 0.6 is 11.3 Å². The Bertz CT molecular complexity index is 585. The van der Waals surface area contributed by atoms with Gasteiger partial charge in [-0.25, -0.2) is 21.9 Å². The first kappa shape index (κ1) is 16.7. The monoisotopic (exact) mass is 346 g/mol. The SMILES string of the molecule is O=S(=O)(NCC(F)(F)C(F)F)c1cc(CNC2CC2)cs1. The summed E-state index contributed by atoms with van der Waals surface area (Å²) in [6.07, 6.45) is -1.75. The number of hydrogen-bond donors (Lipinski definition) is 2. The topological polar surface area (TPSA) is 58.2 Å². The molecule has 1 aromatic rings. The van der Waals surface area contributed by atoms with E-state index in [1.54, 1.807) is 5.38 Å². The Hall–Kier alpha value is -0.710. The number of alkyl halides is 4. The van der Waals surface area contributed by atoms with E-state index < -0.39 is 28.9 Å². The summed E-state index contributed by atoms with van der Waals surface area (Å²) in [6, 6.07) is 1.80. The Labute approximate surface area is 123 Å². The molecular weight excluding hydrogens is 332 g/mol. The molecule has 1 aromatic heterocycles. The van der Waals surface area contributed by atoms with Gasteiger partial charge in [0.25, 0.3) is 0 Å². The average Bonchev–Trinajstić information content (AvgIpc) is 3.10. The van der Waals surface area contributed by atoms with Gasteiger partial charge in [0, 0.05) is 12.6 Å². The minimum absolute atomic E-state index is 0.167. The fourth-order valence-electron chi connectivity index (χ4n) is 1.48. The molecule has 1 aliphatic rings. The quantitative estimate of drug-likeness (QED) is 0.710. The van der Waals surface area contributed by atoms with Crippen LogP contribution in [0.4, 0.5) is 17.6 Å². The molecule has 4 nitrogen and oxygen atoms in total. The number of thiophene rings is 1. The molecule has 1 fully saturated rings. The fraction of sp³-hybridized carbons (Fsp3) is 0.636. The minimum Gasteiger partial charge on any atom is -0.310 e. The molecule has 1 aliphatic carbocycles. The number of halogens is 4. The summed E-state index contributed by atoms with van der Waals surface area (Å²) >= 11 is 0.865. The average molecular weight is 346 g/mol. The number of sulfonamides is 1. The largest absolute Gasteiger partial charge is 0.320 e. The second-order valence-electron chi connectivity index (χ2n) is 4.82. The standard InChI is InChI=1S/C11H14F4N2O2S2/c12-10(13)11(14,15)6-17-21(18,19)9-3-7(5-20-9)4-16-8-1-2-8/h3,5,8,10,16-17H,1-2,4,6H2. The van der Waals surface area contributed by atoms with Crippen molar-refractivity contribution in [3.05, 3.63) is 17.0 Å². The lowest BCUT2D eigenvalue weighted by atomic mass is 10.3. The van der Waals surface area contributed by atoms with Crippen LogP contribution in [0.1, 0.15) is 18.4 Å². The summed E-state index contributed by atoms with van der Waals surface area (Å²) in [7, 11) is -4.20. The van der Waals surface area contributed by atoms with Crippen LogP contribution in [-0.4, -0.2) is 33.4 Å². The molecule has 0 radical (unpaired) electrons. The minimum atomic E-state index is -4.39. The molecule has 0 saturated heterocycles. The highest BCUT2D eigenvalue weighted by Crippen LogP contribution is 2.25. The van der Waals surface area contributed by atoms with Crippen molar-refractivity contribution < 1.29 is 26.0 Å². The van der Waals surface area contributed by atoms with E-state index in [1.165, 1.54) is 10.8 Å². The molecule has 0 amide bonds. The van der Waals surface area contributed by atoms with Crippen LogP contribution in [-0.2, 0) is 16.6 Å². The lowest BCUT2D eigenvalue weighted by Crippen LogP contribution is -2.41. The van der Waals surface area contributed by atoms with E-state index in [1.807, 2.05) is 0 Å². The van der Waals surface area contributed by atoms with E-state index in [-0.39, 0.29) is 4.21 Å². The van der Waals surface area contributed by atoms with Gasteiger partial charge in [0.1, 0.15) is 4.21 Å². The summed E-state index contributed by atoms with van der Waals surface area (Å²) in [4.78, 5) is 0. The van der Waals surface area contributed by atoms with Crippen LogP contribution in [0.2, 0.25) is 0 Å². The van der Waals surface area contributed by atoms with Crippen LogP contribution in [0.15, 0.2) is 15.7 Å². The van der Waals surface area contributed by atoms with Gasteiger partial charge in [0.05, 0.1) is 6.54 Å². The summed E-state index contributed by atoms with van der Waals surface area (Å²) in [6.45, 7) is -1.13. The van der Waals surface area contributed by atoms with E-state index in [9.17, 15) is 26.0 Å². The molecule has 2 N–H and O–H groups in total. The van der Waals surface area contributed by atoms with Crippen molar-refractivity contribution in [2.24, 2.45) is 0 Å². The third-order valence-electron chi connectivity index (χ3n) is 2.88. The highest BCUT2D eigenvalue weighted by molar-refractivity contribution is 7.91. The first-order chi connectivity index (χ1) is 9.71. The van der Waals surface area contributed by atoms with Gasteiger partial charge in [0.2, 0.25) is 10.0 Å². The van der Waals surface area contributed by atoms with Crippen molar-refractivity contribution in [2.75, 3.05) is 6.54 Å². The lowest BCUT2D eigenvalue weighted by molar-refractivity contribution is -0.122. The van der Waals surface area contributed by atoms with Crippen LogP contribution in [0, 0.1) is 0 Å². The maximum atomic E-state index is 12.7. The zero-order valence-corrected chi connectivity index (χ0v) is 12.4. The van der Waals surface area contributed by atoms with Crippen molar-refractivity contribution >= 4 is 21.4 Å². The van der Waals surface area contributed by atoms with E-state index in [4.69, 9.17) is 0 Å². The third kappa shape index (κ3) is 4.63. The van der Waals surface area contributed by atoms with Gasteiger partial charge >= 0.3 is 12.3 Å². The zero-order chi connectivity index (χ0) is 15.7. The van der Waals surface area contributed by atoms with E-state index in [2.05, 4.69) is 5.32 Å². The van der Waals surface area contributed by atoms with Crippen LogP contribution in [0.3, 0.4) is 0 Å². The van der Waals surface area contributed by atoms with Gasteiger partial charge in [-0.05, 0) is 29.9 Å². The van der Waals surface area contributed by atoms with E-state index in [0.29, 0.717) is 18.2 Å². The molecule has 0 aromatic carbocycles. The highest BCUT2D eigenvalue weighted by Gasteiger charge is 2.41. The van der Waals surface area contributed by atoms with Gasteiger partial charge in [-0.15, -0.1) is 11.3 Å². The first-order valence-electron chi connectivity index (χ1n) is 6.17. The van der Waals surface area contributed by atoms with Crippen molar-refractivity contribution in [3.63, 3.8) is 0 Å². The second-order valence-corrected chi connectivity index (χ2v) is 7.72. The van der Waals surface area contributed by atoms with Crippen LogP contribution < -0.4 is 10.0 Å². The Balaban J connectivity index is 1.95. The molecule has 1 heterocycles. The first-order valence-corrected chi connectivity index (χ1v) is 8.53. The lowest BCUT2D eigenvalue weighted by Gasteiger charge is -2.15. The van der Waals surface area contributed by atoms with Crippen LogP contribution in [0.25, 0.3) is 0 Å². The fourth-order valence-corrected chi connectivity index (χ4v) is 3.77. The maximum absolute atomic E-state index is 12.7. The van der Waals surface area contributed by atoms with Gasteiger partial charge in [-0.2, -0.15) is 8.78 Å². The normalized spacial score (nSPS) is 16.6. The predicted octanol–water partition coefficient (Wildman–Crippen LogP) is 2.18. The van der Waals surface area contributed by atoms with Gasteiger partial charge in [-0.3, -0.25) is 0 Å². The van der Waals surface area contributed by atoms with Crippen molar-refractivity contribution in [3.8, 4) is 0 Å². The van der Waals surface area contributed by atoms with Gasteiger partial charge < -0.3 is 5.32 Å². The molecule has 2 rings (SSSR count). The molecule has 21 heavy (non-hydrogen) atoms. The zero-order valence-electron chi connectivity index (χ0n) is 10.8. The molecule has 0 atom stereocenters. The predicted molar refractivity (Wildman–Crippen MR) is 70.3 cm³/mol. The molecule has 0 aliphatic heterocycles. The third-order valence-corrected chi connectivity index (χ3v) is 5.77. The van der Waals surface area contributed by atoms with Crippen molar-refractivity contribution in [1.29, 1.82) is 0 Å². The molecule has 120 valence electrons. The molecule has 1 saturated carbocycles. The van der Waals surface area contributed by atoms with Crippen LogP contribution in [0.5, 0.6) is 0 Å². The summed E-state index contributed by atoms with van der Waals surface area (Å²) < 4.78 is 74.3. The summed E-state index contributed by atoms with van der Waals surface area (Å²) in [5, 5.41) is 4.77. The van der Waals surface area contributed by atoms with Crippen molar-refractivity contribution in [1.82, 2.24) is 10.0 Å². The molecular formula is C11H14F4N2O2S2. The Morgan fingerprint density at radius 2 is 2.05 bits per heavy atom.